The first-order valence-electron chi connectivity index (χ1n) is 10.7. The molecule has 1 saturated heterocycles. The molecule has 4 aromatic carbocycles. The molecule has 0 saturated carbocycles. The predicted octanol–water partition coefficient (Wildman–Crippen LogP) is 6.13. The van der Waals surface area contributed by atoms with E-state index in [4.69, 9.17) is 16.3 Å². The minimum Gasteiger partial charge on any atom is -0.507 e. The molecule has 1 atom stereocenters. The van der Waals surface area contributed by atoms with E-state index in [1.165, 1.54) is 12.0 Å². The normalized spacial score (nSPS) is 17.4. The smallest absolute Gasteiger partial charge is 0.300 e. The van der Waals surface area contributed by atoms with Crippen LogP contribution >= 0.6 is 11.6 Å². The number of nitrogens with zero attached hydrogens (tertiary/aromatic N) is 1. The number of benzene rings is 4. The molecule has 34 heavy (non-hydrogen) atoms. The van der Waals surface area contributed by atoms with Gasteiger partial charge in [-0.3, -0.25) is 14.5 Å². The lowest BCUT2D eigenvalue weighted by Gasteiger charge is -2.26. The van der Waals surface area contributed by atoms with Crippen LogP contribution in [-0.2, 0) is 9.59 Å². The second kappa shape index (κ2) is 8.69. The first-order chi connectivity index (χ1) is 16.5. The van der Waals surface area contributed by atoms with Crippen LogP contribution in [0.4, 0.5) is 5.69 Å². The van der Waals surface area contributed by atoms with Gasteiger partial charge in [0.2, 0.25) is 0 Å². The number of methoxy groups -OCH3 is 1. The molecule has 168 valence electrons. The molecule has 5 nitrogen and oxygen atoms in total. The van der Waals surface area contributed by atoms with Crippen molar-refractivity contribution in [1.82, 2.24) is 0 Å². The third kappa shape index (κ3) is 3.60. The Kier molecular flexibility index (Phi) is 5.56. The molecule has 0 bridgehead atoms. The number of Topliss-reactive ketones (excluding diaryl/α,β-unsaturated/α-hetero) is 1. The van der Waals surface area contributed by atoms with Gasteiger partial charge in [-0.15, -0.1) is 0 Å². The Morgan fingerprint density at radius 1 is 0.912 bits per heavy atom. The van der Waals surface area contributed by atoms with E-state index < -0.39 is 17.7 Å². The number of aliphatic hydroxyl groups is 1. The first-order valence-corrected chi connectivity index (χ1v) is 11.1. The Morgan fingerprint density at radius 2 is 1.62 bits per heavy atom. The zero-order chi connectivity index (χ0) is 23.8. The van der Waals surface area contributed by atoms with Crippen LogP contribution in [0.1, 0.15) is 17.2 Å². The Bertz CT molecular complexity index is 1450. The molecule has 1 fully saturated rings. The van der Waals surface area contributed by atoms with Crippen molar-refractivity contribution in [3.8, 4) is 5.75 Å². The summed E-state index contributed by atoms with van der Waals surface area (Å²) in [6, 6.07) is 26.1. The average molecular weight is 470 g/mol. The highest BCUT2D eigenvalue weighted by Gasteiger charge is 2.47. The number of amides is 1. The molecule has 0 aromatic heterocycles. The molecule has 0 aliphatic carbocycles. The lowest BCUT2D eigenvalue weighted by Crippen LogP contribution is -2.29. The zero-order valence-electron chi connectivity index (χ0n) is 18.2. The second-order valence-corrected chi connectivity index (χ2v) is 8.38. The Labute approximate surface area is 201 Å². The van der Waals surface area contributed by atoms with Crippen LogP contribution < -0.4 is 9.64 Å². The van der Waals surface area contributed by atoms with Crippen molar-refractivity contribution in [2.24, 2.45) is 0 Å². The van der Waals surface area contributed by atoms with Gasteiger partial charge in [-0.05, 0) is 52.7 Å². The minimum absolute atomic E-state index is 0.0199. The molecule has 1 aliphatic heterocycles. The number of ether oxygens (including phenoxy) is 1. The van der Waals surface area contributed by atoms with E-state index in [9.17, 15) is 14.7 Å². The summed E-state index contributed by atoms with van der Waals surface area (Å²) < 4.78 is 5.35. The fraction of sp³-hybridized carbons (Fsp3) is 0.0714. The van der Waals surface area contributed by atoms with E-state index in [0.29, 0.717) is 22.0 Å². The number of halogens is 1. The van der Waals surface area contributed by atoms with Gasteiger partial charge in [0.05, 0.1) is 18.7 Å². The van der Waals surface area contributed by atoms with Crippen LogP contribution in [0.2, 0.25) is 5.02 Å². The number of ketones is 1. The van der Waals surface area contributed by atoms with Crippen LogP contribution in [0.25, 0.3) is 16.5 Å². The zero-order valence-corrected chi connectivity index (χ0v) is 19.0. The topological polar surface area (TPSA) is 66.8 Å². The maximum atomic E-state index is 13.4. The number of aliphatic hydroxyl groups excluding tert-OH is 1. The van der Waals surface area contributed by atoms with E-state index in [2.05, 4.69) is 0 Å². The molecular weight excluding hydrogens is 450 g/mol. The van der Waals surface area contributed by atoms with Gasteiger partial charge in [-0.25, -0.2) is 0 Å². The van der Waals surface area contributed by atoms with Crippen LogP contribution in [-0.4, -0.2) is 23.9 Å². The fourth-order valence-electron chi connectivity index (χ4n) is 4.41. The van der Waals surface area contributed by atoms with E-state index in [1.54, 1.807) is 48.5 Å². The van der Waals surface area contributed by atoms with Crippen LogP contribution in [0.3, 0.4) is 0 Å². The van der Waals surface area contributed by atoms with E-state index in [-0.39, 0.29) is 11.3 Å². The van der Waals surface area contributed by atoms with Crippen LogP contribution in [0, 0.1) is 0 Å². The summed E-state index contributed by atoms with van der Waals surface area (Å²) in [5.41, 5.74) is 1.65. The number of fused-ring (bicyclic) bond motifs is 1. The summed E-state index contributed by atoms with van der Waals surface area (Å²) >= 11 is 6.01. The van der Waals surface area contributed by atoms with Crippen molar-refractivity contribution in [3.05, 3.63) is 113 Å². The summed E-state index contributed by atoms with van der Waals surface area (Å²) in [5, 5.41) is 13.6. The van der Waals surface area contributed by atoms with Crippen molar-refractivity contribution in [1.29, 1.82) is 0 Å². The maximum absolute atomic E-state index is 13.4. The van der Waals surface area contributed by atoms with Gasteiger partial charge in [0.1, 0.15) is 11.5 Å². The summed E-state index contributed by atoms with van der Waals surface area (Å²) in [4.78, 5) is 28.2. The van der Waals surface area contributed by atoms with Gasteiger partial charge in [0.15, 0.2) is 0 Å². The summed E-state index contributed by atoms with van der Waals surface area (Å²) in [7, 11) is 1.54. The number of carbonyl (C=O) groups excluding carboxylic acids is 2. The lowest BCUT2D eigenvalue weighted by atomic mass is 9.91. The van der Waals surface area contributed by atoms with E-state index in [0.717, 1.165) is 16.3 Å². The fourth-order valence-corrected chi connectivity index (χ4v) is 4.53. The quantitative estimate of drug-likeness (QED) is 0.222. The minimum atomic E-state index is -0.839. The first kappa shape index (κ1) is 21.7. The summed E-state index contributed by atoms with van der Waals surface area (Å²) in [6.07, 6.45) is 0. The third-order valence-electron chi connectivity index (χ3n) is 6.01. The van der Waals surface area contributed by atoms with Crippen molar-refractivity contribution >= 4 is 45.5 Å². The Hall–Kier alpha value is -4.09. The summed E-state index contributed by atoms with van der Waals surface area (Å²) in [5.74, 6) is -1.18. The van der Waals surface area contributed by atoms with Crippen molar-refractivity contribution < 1.29 is 19.4 Å². The third-order valence-corrected chi connectivity index (χ3v) is 6.26. The molecule has 0 radical (unpaired) electrons. The van der Waals surface area contributed by atoms with Gasteiger partial charge in [0, 0.05) is 22.3 Å². The highest BCUT2D eigenvalue weighted by atomic mass is 35.5. The molecule has 6 heteroatoms. The molecule has 1 unspecified atom stereocenters. The molecule has 4 aromatic rings. The number of hydrogen-bond donors (Lipinski definition) is 1. The SMILES string of the molecule is COc1cccc(N2C(=O)C(=O)/C(=C(\O)c3ccc(Cl)cc3)C2c2cccc3ccccc23)c1. The van der Waals surface area contributed by atoms with Crippen LogP contribution in [0.5, 0.6) is 5.75 Å². The lowest BCUT2D eigenvalue weighted by molar-refractivity contribution is -0.132. The largest absolute Gasteiger partial charge is 0.507 e. The highest BCUT2D eigenvalue weighted by molar-refractivity contribution is 6.52. The standard InChI is InChI=1S/C28H20ClNO4/c1-34-21-9-5-8-20(16-21)30-25(23-11-4-7-17-6-2-3-10-22(17)23)24(27(32)28(30)33)26(31)18-12-14-19(29)15-13-18/h2-16,25,31H,1H3/b26-24-. The molecule has 1 amide bonds. The molecule has 1 N–H and O–H groups in total. The van der Waals surface area contributed by atoms with Crippen molar-refractivity contribution in [2.45, 2.75) is 6.04 Å². The Balaban J connectivity index is 1.80. The molecule has 1 aliphatic rings. The van der Waals surface area contributed by atoms with E-state index >= 15 is 0 Å². The molecule has 0 spiro atoms. The molecule has 1 heterocycles. The monoisotopic (exact) mass is 469 g/mol. The van der Waals surface area contributed by atoms with Gasteiger partial charge >= 0.3 is 0 Å². The highest BCUT2D eigenvalue weighted by Crippen LogP contribution is 2.44. The van der Waals surface area contributed by atoms with E-state index in [1.807, 2.05) is 42.5 Å². The Morgan fingerprint density at radius 3 is 2.38 bits per heavy atom. The molecular formula is C28H20ClNO4. The van der Waals surface area contributed by atoms with Gasteiger partial charge in [-0.1, -0.05) is 60.1 Å². The molecule has 5 rings (SSSR count). The van der Waals surface area contributed by atoms with Crippen molar-refractivity contribution in [3.63, 3.8) is 0 Å². The summed E-state index contributed by atoms with van der Waals surface area (Å²) in [6.45, 7) is 0. The van der Waals surface area contributed by atoms with Gasteiger partial charge < -0.3 is 9.84 Å². The second-order valence-electron chi connectivity index (χ2n) is 7.95. The average Bonchev–Trinajstić information content (AvgIpc) is 3.13. The van der Waals surface area contributed by atoms with Gasteiger partial charge in [0.25, 0.3) is 11.7 Å². The van der Waals surface area contributed by atoms with Crippen molar-refractivity contribution in [2.75, 3.05) is 12.0 Å². The number of rotatable bonds is 4. The predicted molar refractivity (Wildman–Crippen MR) is 133 cm³/mol. The maximum Gasteiger partial charge on any atom is 0.300 e. The number of carbonyl (C=O) groups is 2. The number of anilines is 1. The number of hydrogen-bond acceptors (Lipinski definition) is 4. The van der Waals surface area contributed by atoms with Gasteiger partial charge in [-0.2, -0.15) is 0 Å². The van der Waals surface area contributed by atoms with Crippen LogP contribution in [0.15, 0.2) is 96.6 Å².